The van der Waals surface area contributed by atoms with E-state index in [-0.39, 0.29) is 0 Å². The van der Waals surface area contributed by atoms with Crippen LogP contribution in [0.2, 0.25) is 0 Å². The van der Waals surface area contributed by atoms with Crippen molar-refractivity contribution in [3.8, 4) is 0 Å². The number of hydrogen-bond acceptors (Lipinski definition) is 0. The Morgan fingerprint density at radius 3 is 0.915 bits per heavy atom. The Kier molecular flexibility index (Phi) is 27.4. The topological polar surface area (TPSA) is 0 Å². The van der Waals surface area contributed by atoms with Crippen LogP contribution < -0.4 is 0 Å². The zero-order chi connectivity index (χ0) is 69.2. The Hall–Kier alpha value is 0. The van der Waals surface area contributed by atoms with E-state index >= 15 is 0 Å². The van der Waals surface area contributed by atoms with E-state index in [0.29, 0.717) is 37.9 Å². The lowest BCUT2D eigenvalue weighted by atomic mass is 9.52. The van der Waals surface area contributed by atoms with Crippen molar-refractivity contribution in [1.82, 2.24) is 0 Å². The van der Waals surface area contributed by atoms with E-state index in [1.165, 1.54) is 186 Å². The van der Waals surface area contributed by atoms with Crippen molar-refractivity contribution in [2.24, 2.45) is 173 Å². The maximum Gasteiger partial charge on any atom is -0.0297 e. The molecule has 0 heteroatoms. The van der Waals surface area contributed by atoms with E-state index in [4.69, 9.17) is 0 Å². The second kappa shape index (κ2) is 32.3. The van der Waals surface area contributed by atoms with Crippen molar-refractivity contribution in [1.29, 1.82) is 0 Å². The molecule has 20 aliphatic carbocycles. The minimum absolute atomic E-state index is 0.547. The first kappa shape index (κ1) is 79.7. The van der Waals surface area contributed by atoms with E-state index in [9.17, 15) is 0 Å². The van der Waals surface area contributed by atoms with Gasteiger partial charge in [0.25, 0.3) is 0 Å². The standard InChI is InChI=1S/C12H22.C12H24.C11H20.C11H22.3C10H18.2C9H16/c1-11-5-9-12(10-6-11)7-3-2-4-8-12;1-10(2)7-11(3,4)9-12(5,6)8-10;1-8-9-4-6-10(7-5-9)11(8,2)3;1-9-6-10(2,3)8-11(4,5)7-9;1-7-8-4-5-9(6-8)10(7,2)3;1-8-7-9-3-5-10(8,2)6-4-9;1-7-8(2)10-5-3-9(7)4-6-10;1-6-7(2)9-4-3-8(6)5-9;1-7-6-8-2-4-9(7)5-3-8/h11H,2-10H2,1H3;7-9H2,1-6H3;8-10H,4-7H2,1-3H3;9H,6-8H2,1-5H3;7-9H,4-6H2,1-3H3;8-9H,3-7H2,1-2H3;7-10H,3-6H2,1-2H3;6-9H,3-5H2,1-2H3;7-9H,2-6H2,1H3/t;;8-,9?,10?;;7-,8?,9?;8-,9?,10?;7-,8?,9?,10?;6-,7?,8?,9?;7-,8?,9?/m..1.10000/s1. The highest BCUT2D eigenvalue weighted by Crippen LogP contribution is 2.61. The van der Waals surface area contributed by atoms with Gasteiger partial charge in [0, 0.05) is 0 Å². The van der Waals surface area contributed by atoms with Gasteiger partial charge in [-0.05, 0) is 378 Å². The van der Waals surface area contributed by atoms with Crippen molar-refractivity contribution in [2.75, 3.05) is 0 Å². The molecule has 20 rings (SSSR count). The van der Waals surface area contributed by atoms with Gasteiger partial charge in [0.05, 0.1) is 0 Å². The molecule has 94 heavy (non-hydrogen) atoms. The molecule has 0 N–H and O–H groups in total. The molecule has 0 aromatic rings. The van der Waals surface area contributed by atoms with Crippen molar-refractivity contribution in [3.05, 3.63) is 0 Å². The third kappa shape index (κ3) is 21.1. The Balaban J connectivity index is 0.000000136. The lowest BCUT2D eigenvalue weighted by Gasteiger charge is -2.53. The molecule has 12 bridgehead atoms. The molecular formula is C94H174. The van der Waals surface area contributed by atoms with Crippen LogP contribution in [-0.4, -0.2) is 0 Å². The predicted molar refractivity (Wildman–Crippen MR) is 417 cm³/mol. The van der Waals surface area contributed by atoms with Gasteiger partial charge in [-0.3, -0.25) is 0 Å². The van der Waals surface area contributed by atoms with Crippen molar-refractivity contribution in [3.63, 3.8) is 0 Å². The predicted octanol–water partition coefficient (Wildman–Crippen LogP) is 30.6. The molecule has 1 spiro atoms. The zero-order valence-electron chi connectivity index (χ0n) is 69.2. The van der Waals surface area contributed by atoms with Crippen LogP contribution in [-0.2, 0) is 0 Å². The van der Waals surface area contributed by atoms with Crippen LogP contribution in [0.15, 0.2) is 0 Å². The molecule has 0 nitrogen and oxygen atoms in total. The average Bonchev–Trinajstić information content (AvgIpc) is 1.42. The Labute approximate surface area is 593 Å². The highest BCUT2D eigenvalue weighted by atomic mass is 14.6. The summed E-state index contributed by atoms with van der Waals surface area (Å²) < 4.78 is 0. The molecule has 20 saturated carbocycles. The fourth-order valence-corrected chi connectivity index (χ4v) is 28.6. The second-order valence-electron chi connectivity index (χ2n) is 45.6. The molecule has 0 heterocycles. The van der Waals surface area contributed by atoms with Gasteiger partial charge in [-0.1, -0.05) is 218 Å². The molecule has 0 aliphatic heterocycles. The van der Waals surface area contributed by atoms with E-state index < -0.39 is 0 Å². The minimum Gasteiger partial charge on any atom is -0.0625 e. The summed E-state index contributed by atoms with van der Waals surface area (Å²) in [6.45, 7) is 60.9. The molecule has 20 aliphatic rings. The van der Waals surface area contributed by atoms with E-state index in [2.05, 4.69) is 173 Å². The zero-order valence-corrected chi connectivity index (χ0v) is 69.2. The Morgan fingerprint density at radius 1 is 0.255 bits per heavy atom. The number of rotatable bonds is 0. The van der Waals surface area contributed by atoms with Crippen LogP contribution in [0.3, 0.4) is 0 Å². The van der Waals surface area contributed by atoms with E-state index in [1.807, 2.05) is 0 Å². The first-order valence-corrected chi connectivity index (χ1v) is 43.6. The fraction of sp³-hybridized carbons (Fsp3) is 1.00. The lowest BCUT2D eigenvalue weighted by molar-refractivity contribution is -0.0319. The van der Waals surface area contributed by atoms with Crippen LogP contribution in [0.5, 0.6) is 0 Å². The number of hydrogen-bond donors (Lipinski definition) is 0. The largest absolute Gasteiger partial charge is 0.0625 e. The molecule has 0 aromatic heterocycles. The normalized spacial score (nSPS) is 43.9. The van der Waals surface area contributed by atoms with Crippen LogP contribution in [0.4, 0.5) is 0 Å². The SMILES string of the molecule is CC1(C)CC(C)(C)CC(C)(C)C1.CC1C2CCC(C2)[C@H]1C.CC1C2CCC(CC2)[C@H]1C.CC1CC(C)(C)CC(C)(C)C1.CC1CCC2(CCCCC2)CC1.C[C@@H]1C2CCC(C2)C1(C)C.C[C@@H]1C2CCC(CC2)C1(C)C.C[C@H]1CC2CCC1(C)CC2.C[C@H]1CC2CCC1CC2. The molecule has 550 valence electrons. The molecule has 0 aromatic carbocycles. The first-order valence-electron chi connectivity index (χ1n) is 43.6. The lowest BCUT2D eigenvalue weighted by Crippen LogP contribution is -2.44. The molecule has 20 fully saturated rings. The summed E-state index contributed by atoms with van der Waals surface area (Å²) in [5, 5.41) is 0. The quantitative estimate of drug-likeness (QED) is 0.227. The van der Waals surface area contributed by atoms with Gasteiger partial charge in [-0.2, -0.15) is 0 Å². The van der Waals surface area contributed by atoms with Crippen LogP contribution >= 0.6 is 0 Å². The maximum atomic E-state index is 2.49. The summed E-state index contributed by atoms with van der Waals surface area (Å²) in [7, 11) is 0. The summed E-state index contributed by atoms with van der Waals surface area (Å²) in [6.07, 6.45) is 58.9. The number of fused-ring (bicyclic) bond motifs is 16. The van der Waals surface area contributed by atoms with E-state index in [1.54, 1.807) is 64.2 Å². The van der Waals surface area contributed by atoms with Gasteiger partial charge in [0.2, 0.25) is 0 Å². The van der Waals surface area contributed by atoms with Crippen LogP contribution in [0.1, 0.15) is 424 Å². The monoisotopic (exact) mass is 1300 g/mol. The van der Waals surface area contributed by atoms with Gasteiger partial charge < -0.3 is 0 Å². The van der Waals surface area contributed by atoms with Gasteiger partial charge in [-0.15, -0.1) is 0 Å². The molecule has 0 saturated heterocycles. The third-order valence-corrected chi connectivity index (χ3v) is 34.5. The summed E-state index contributed by atoms with van der Waals surface area (Å²) in [5.74, 6) is 22.2. The van der Waals surface area contributed by atoms with Crippen LogP contribution in [0.25, 0.3) is 0 Å². The molecule has 0 amide bonds. The Bertz CT molecular complexity index is 2090. The van der Waals surface area contributed by atoms with Crippen molar-refractivity contribution < 1.29 is 0 Å². The summed E-state index contributed by atoms with van der Waals surface area (Å²) >= 11 is 0. The fourth-order valence-electron chi connectivity index (χ4n) is 28.6. The highest BCUT2D eigenvalue weighted by Gasteiger charge is 2.51. The van der Waals surface area contributed by atoms with E-state index in [0.717, 1.165) is 135 Å². The van der Waals surface area contributed by atoms with Gasteiger partial charge >= 0.3 is 0 Å². The van der Waals surface area contributed by atoms with Gasteiger partial charge in [0.15, 0.2) is 0 Å². The van der Waals surface area contributed by atoms with Crippen molar-refractivity contribution in [2.45, 2.75) is 424 Å². The summed E-state index contributed by atoms with van der Waals surface area (Å²) in [4.78, 5) is 0. The molecule has 6 unspecified atom stereocenters. The smallest absolute Gasteiger partial charge is 0.0297 e. The van der Waals surface area contributed by atoms with Gasteiger partial charge in [0.1, 0.15) is 0 Å². The van der Waals surface area contributed by atoms with Crippen molar-refractivity contribution >= 4 is 0 Å². The third-order valence-electron chi connectivity index (χ3n) is 34.5. The molecule has 12 atom stereocenters. The van der Waals surface area contributed by atoms with Crippen LogP contribution in [0, 0.1) is 173 Å². The maximum absolute atomic E-state index is 2.49. The average molecular weight is 1300 g/mol. The Morgan fingerprint density at radius 2 is 0.628 bits per heavy atom. The molecular weight excluding hydrogens is 1130 g/mol. The summed E-state index contributed by atoms with van der Waals surface area (Å²) in [5.41, 5.74) is 5.72. The molecule has 0 radical (unpaired) electrons. The van der Waals surface area contributed by atoms with Gasteiger partial charge in [-0.25, -0.2) is 0 Å². The minimum atomic E-state index is 0.547. The summed E-state index contributed by atoms with van der Waals surface area (Å²) in [6, 6.07) is 0. The first-order chi connectivity index (χ1) is 43.6. The highest BCUT2D eigenvalue weighted by molar-refractivity contribution is 5.01. The second-order valence-corrected chi connectivity index (χ2v) is 45.6.